The number of anilines is 1. The van der Waals surface area contributed by atoms with Gasteiger partial charge in [-0.1, -0.05) is 17.7 Å². The second-order valence-electron chi connectivity index (χ2n) is 4.96. The molecule has 0 aliphatic carbocycles. The maximum absolute atomic E-state index is 11.8. The molecule has 0 atom stereocenters. The minimum atomic E-state index is -0.789. The highest BCUT2D eigenvalue weighted by Crippen LogP contribution is 2.25. The molecule has 0 aromatic heterocycles. The molecular formula is C14H18ClNO3. The van der Waals surface area contributed by atoms with E-state index < -0.39 is 5.41 Å². The van der Waals surface area contributed by atoms with Gasteiger partial charge in [-0.3, -0.25) is 9.59 Å². The van der Waals surface area contributed by atoms with Crippen LogP contribution in [0.25, 0.3) is 0 Å². The van der Waals surface area contributed by atoms with Crippen molar-refractivity contribution in [1.82, 2.24) is 0 Å². The van der Waals surface area contributed by atoms with Gasteiger partial charge in [0.1, 0.15) is 0 Å². The number of halogens is 1. The minimum absolute atomic E-state index is 0.153. The van der Waals surface area contributed by atoms with E-state index in [2.05, 4.69) is 0 Å². The fourth-order valence-corrected chi connectivity index (χ4v) is 1.95. The first kappa shape index (κ1) is 15.5. The third kappa shape index (κ3) is 3.96. The van der Waals surface area contributed by atoms with Crippen LogP contribution < -0.4 is 4.90 Å². The Morgan fingerprint density at radius 2 is 2.00 bits per heavy atom. The number of amides is 1. The summed E-state index contributed by atoms with van der Waals surface area (Å²) in [5, 5.41) is 0.541. The second kappa shape index (κ2) is 6.06. The van der Waals surface area contributed by atoms with Gasteiger partial charge in [0, 0.05) is 24.2 Å². The summed E-state index contributed by atoms with van der Waals surface area (Å²) in [5.74, 6) is -0.514. The zero-order valence-electron chi connectivity index (χ0n) is 11.6. The van der Waals surface area contributed by atoms with Crippen molar-refractivity contribution >= 4 is 29.2 Å². The van der Waals surface area contributed by atoms with Crippen LogP contribution in [0.3, 0.4) is 0 Å². The number of rotatable bonds is 4. The number of hydrogen-bond acceptors (Lipinski definition) is 3. The van der Waals surface area contributed by atoms with Crippen molar-refractivity contribution < 1.29 is 14.3 Å². The molecule has 1 rings (SSSR count). The van der Waals surface area contributed by atoms with Crippen molar-refractivity contribution in [3.05, 3.63) is 29.3 Å². The van der Waals surface area contributed by atoms with Crippen molar-refractivity contribution in [2.24, 2.45) is 5.41 Å². The van der Waals surface area contributed by atoms with Gasteiger partial charge >= 0.3 is 5.97 Å². The number of ether oxygens (including phenoxy) is 1. The minimum Gasteiger partial charge on any atom is -0.469 e. The molecule has 1 aromatic rings. The molecule has 1 amide bonds. The summed E-state index contributed by atoms with van der Waals surface area (Å²) < 4.78 is 4.75. The van der Waals surface area contributed by atoms with Crippen LogP contribution in [-0.4, -0.2) is 25.5 Å². The molecule has 0 fully saturated rings. The lowest BCUT2D eigenvalue weighted by atomic mass is 9.92. The quantitative estimate of drug-likeness (QED) is 0.798. The first-order valence-electron chi connectivity index (χ1n) is 5.90. The Morgan fingerprint density at radius 3 is 2.47 bits per heavy atom. The molecule has 5 heteroatoms. The molecule has 4 nitrogen and oxygen atoms in total. The van der Waals surface area contributed by atoms with Gasteiger partial charge in [0.2, 0.25) is 5.91 Å². The van der Waals surface area contributed by atoms with Crippen molar-refractivity contribution in [1.29, 1.82) is 0 Å². The molecule has 0 aliphatic heterocycles. The molecule has 19 heavy (non-hydrogen) atoms. The Hall–Kier alpha value is -1.55. The SMILES string of the molecule is COC(=O)C(C)(C)CN(C(C)=O)c1cccc(Cl)c1. The van der Waals surface area contributed by atoms with Crippen LogP contribution in [0.5, 0.6) is 0 Å². The molecule has 0 unspecified atom stereocenters. The molecule has 0 radical (unpaired) electrons. The topological polar surface area (TPSA) is 46.6 Å². The molecule has 0 heterocycles. The number of nitrogens with zero attached hydrogens (tertiary/aromatic N) is 1. The smallest absolute Gasteiger partial charge is 0.313 e. The molecule has 0 saturated carbocycles. The fourth-order valence-electron chi connectivity index (χ4n) is 1.76. The highest BCUT2D eigenvalue weighted by molar-refractivity contribution is 6.30. The predicted octanol–water partition coefficient (Wildman–Crippen LogP) is 2.89. The van der Waals surface area contributed by atoms with E-state index in [0.717, 1.165) is 0 Å². The summed E-state index contributed by atoms with van der Waals surface area (Å²) in [6.07, 6.45) is 0. The maximum atomic E-state index is 11.8. The van der Waals surface area contributed by atoms with Gasteiger partial charge in [-0.15, -0.1) is 0 Å². The summed E-state index contributed by atoms with van der Waals surface area (Å²) in [7, 11) is 1.33. The number of carbonyl (C=O) groups is 2. The van der Waals surface area contributed by atoms with Crippen LogP contribution in [0.2, 0.25) is 5.02 Å². The highest BCUT2D eigenvalue weighted by atomic mass is 35.5. The van der Waals surface area contributed by atoms with Crippen LogP contribution in [0, 0.1) is 5.41 Å². The van der Waals surface area contributed by atoms with Gasteiger partial charge in [0.05, 0.1) is 12.5 Å². The summed E-state index contributed by atoms with van der Waals surface area (Å²) in [4.78, 5) is 25.0. The third-order valence-electron chi connectivity index (χ3n) is 2.79. The first-order valence-corrected chi connectivity index (χ1v) is 6.28. The molecule has 0 N–H and O–H groups in total. The zero-order chi connectivity index (χ0) is 14.6. The van der Waals surface area contributed by atoms with E-state index in [0.29, 0.717) is 10.7 Å². The zero-order valence-corrected chi connectivity index (χ0v) is 12.3. The second-order valence-corrected chi connectivity index (χ2v) is 5.40. The Labute approximate surface area is 118 Å². The van der Waals surface area contributed by atoms with Crippen LogP contribution >= 0.6 is 11.6 Å². The highest BCUT2D eigenvalue weighted by Gasteiger charge is 2.32. The van der Waals surface area contributed by atoms with Gasteiger partial charge in [0.15, 0.2) is 0 Å². The average Bonchev–Trinajstić information content (AvgIpc) is 2.34. The number of benzene rings is 1. The summed E-state index contributed by atoms with van der Waals surface area (Å²) in [5.41, 5.74) is -0.125. The summed E-state index contributed by atoms with van der Waals surface area (Å²) >= 11 is 5.93. The number of carbonyl (C=O) groups excluding carboxylic acids is 2. The van der Waals surface area contributed by atoms with Crippen LogP contribution in [0.1, 0.15) is 20.8 Å². The Kier molecular flexibility index (Phi) is 4.95. The standard InChI is InChI=1S/C14H18ClNO3/c1-10(17)16(9-14(2,3)13(18)19-4)12-7-5-6-11(15)8-12/h5-8H,9H2,1-4H3. The number of methoxy groups -OCH3 is 1. The predicted molar refractivity (Wildman–Crippen MR) is 75.3 cm³/mol. The Morgan fingerprint density at radius 1 is 1.37 bits per heavy atom. The lowest BCUT2D eigenvalue weighted by molar-refractivity contribution is -0.150. The number of esters is 1. The van der Waals surface area contributed by atoms with Crippen molar-refractivity contribution in [2.45, 2.75) is 20.8 Å². The van der Waals surface area contributed by atoms with Crippen LogP contribution in [0.4, 0.5) is 5.69 Å². The summed E-state index contributed by atoms with van der Waals surface area (Å²) in [6.45, 7) is 5.16. The lowest BCUT2D eigenvalue weighted by Crippen LogP contribution is -2.42. The largest absolute Gasteiger partial charge is 0.469 e. The third-order valence-corrected chi connectivity index (χ3v) is 3.03. The Balaban J connectivity index is 3.03. The molecule has 0 saturated heterocycles. The molecule has 0 spiro atoms. The van der Waals surface area contributed by atoms with E-state index >= 15 is 0 Å². The fraction of sp³-hybridized carbons (Fsp3) is 0.429. The first-order chi connectivity index (χ1) is 8.77. The lowest BCUT2D eigenvalue weighted by Gasteiger charge is -2.30. The van der Waals surface area contributed by atoms with E-state index in [1.807, 2.05) is 0 Å². The average molecular weight is 284 g/mol. The maximum Gasteiger partial charge on any atom is 0.313 e. The van der Waals surface area contributed by atoms with Gasteiger partial charge in [0.25, 0.3) is 0 Å². The van der Waals surface area contributed by atoms with Crippen LogP contribution in [-0.2, 0) is 14.3 Å². The normalized spacial score (nSPS) is 11.0. The molecule has 0 aliphatic rings. The Bertz CT molecular complexity index is 485. The van der Waals surface area contributed by atoms with E-state index in [1.165, 1.54) is 18.9 Å². The van der Waals surface area contributed by atoms with Crippen molar-refractivity contribution in [2.75, 3.05) is 18.6 Å². The van der Waals surface area contributed by atoms with Gasteiger partial charge < -0.3 is 9.64 Å². The molecule has 0 bridgehead atoms. The van der Waals surface area contributed by atoms with E-state index in [4.69, 9.17) is 16.3 Å². The number of hydrogen-bond donors (Lipinski definition) is 0. The van der Waals surface area contributed by atoms with Gasteiger partial charge in [-0.25, -0.2) is 0 Å². The van der Waals surface area contributed by atoms with Crippen molar-refractivity contribution in [3.8, 4) is 0 Å². The molecule has 1 aromatic carbocycles. The van der Waals surface area contributed by atoms with Crippen molar-refractivity contribution in [3.63, 3.8) is 0 Å². The van der Waals surface area contributed by atoms with Gasteiger partial charge in [-0.05, 0) is 32.0 Å². The van der Waals surface area contributed by atoms with Crippen LogP contribution in [0.15, 0.2) is 24.3 Å². The van der Waals surface area contributed by atoms with E-state index in [-0.39, 0.29) is 18.4 Å². The summed E-state index contributed by atoms with van der Waals surface area (Å²) in [6, 6.07) is 6.96. The molecule has 104 valence electrons. The van der Waals surface area contributed by atoms with Gasteiger partial charge in [-0.2, -0.15) is 0 Å². The monoisotopic (exact) mass is 283 g/mol. The van der Waals surface area contributed by atoms with E-state index in [9.17, 15) is 9.59 Å². The molecular weight excluding hydrogens is 266 g/mol. The van der Waals surface area contributed by atoms with E-state index in [1.54, 1.807) is 38.1 Å².